The zero-order valence-electron chi connectivity index (χ0n) is 11.2. The molecular formula is C13H10BrF4N2O2. The van der Waals surface area contributed by atoms with Gasteiger partial charge >= 0.3 is 12.2 Å². The van der Waals surface area contributed by atoms with E-state index in [0.29, 0.717) is 0 Å². The Labute approximate surface area is 131 Å². The largest absolute Gasteiger partial charge is 0.416 e. The molecule has 2 unspecified atom stereocenters. The van der Waals surface area contributed by atoms with Crippen LogP contribution in [0.15, 0.2) is 18.2 Å². The molecule has 4 nitrogen and oxygen atoms in total. The first-order chi connectivity index (χ1) is 10.1. The Balaban J connectivity index is 2.38. The Kier molecular flexibility index (Phi) is 4.46. The summed E-state index contributed by atoms with van der Waals surface area (Å²) < 4.78 is 52.7. The van der Waals surface area contributed by atoms with Crippen LogP contribution in [-0.2, 0) is 17.5 Å². The molecule has 1 aliphatic heterocycles. The van der Waals surface area contributed by atoms with E-state index in [1.165, 1.54) is 6.92 Å². The molecule has 1 saturated heterocycles. The molecular weight excluding hydrogens is 372 g/mol. The second-order valence-corrected chi connectivity index (χ2v) is 5.75. The van der Waals surface area contributed by atoms with Gasteiger partial charge < -0.3 is 4.90 Å². The number of rotatable bonds is 2. The highest BCUT2D eigenvalue weighted by Crippen LogP contribution is 2.34. The van der Waals surface area contributed by atoms with E-state index in [-0.39, 0.29) is 0 Å². The SMILES string of the molecule is CC1C(Br)C(=O)[N]C(=O)N1Cc1c(F)cccc1C(F)(F)F. The molecule has 0 bridgehead atoms. The number of halogens is 5. The number of alkyl halides is 4. The molecule has 1 fully saturated rings. The van der Waals surface area contributed by atoms with Crippen LogP contribution in [0.1, 0.15) is 18.1 Å². The van der Waals surface area contributed by atoms with E-state index in [0.717, 1.165) is 23.1 Å². The monoisotopic (exact) mass is 381 g/mol. The number of nitrogens with zero attached hydrogens (tertiary/aromatic N) is 2. The van der Waals surface area contributed by atoms with Gasteiger partial charge in [0, 0.05) is 5.56 Å². The molecule has 1 aromatic rings. The summed E-state index contributed by atoms with van der Waals surface area (Å²) in [5.41, 5.74) is -1.81. The highest BCUT2D eigenvalue weighted by molar-refractivity contribution is 9.10. The zero-order chi connectivity index (χ0) is 16.7. The minimum Gasteiger partial charge on any atom is -0.314 e. The predicted molar refractivity (Wildman–Crippen MR) is 71.7 cm³/mol. The molecule has 2 rings (SSSR count). The Morgan fingerprint density at radius 1 is 1.32 bits per heavy atom. The molecule has 0 N–H and O–H groups in total. The number of carbonyl (C=O) groups excluding carboxylic acids is 2. The molecule has 0 spiro atoms. The van der Waals surface area contributed by atoms with Crippen LogP contribution in [0.5, 0.6) is 0 Å². The first kappa shape index (κ1) is 16.7. The second-order valence-electron chi connectivity index (χ2n) is 4.77. The Bertz CT molecular complexity index is 621. The third kappa shape index (κ3) is 3.08. The van der Waals surface area contributed by atoms with E-state index < -0.39 is 52.5 Å². The van der Waals surface area contributed by atoms with Gasteiger partial charge in [0.25, 0.3) is 5.91 Å². The van der Waals surface area contributed by atoms with Gasteiger partial charge in [-0.2, -0.15) is 18.5 Å². The van der Waals surface area contributed by atoms with Crippen LogP contribution >= 0.6 is 15.9 Å². The third-order valence-electron chi connectivity index (χ3n) is 3.36. The van der Waals surface area contributed by atoms with Gasteiger partial charge in [0.15, 0.2) is 0 Å². The Hall–Kier alpha value is -1.64. The van der Waals surface area contributed by atoms with E-state index in [1.807, 2.05) is 0 Å². The van der Waals surface area contributed by atoms with Crippen molar-refractivity contribution in [3.05, 3.63) is 35.1 Å². The van der Waals surface area contributed by atoms with Gasteiger partial charge in [0.05, 0.1) is 18.2 Å². The van der Waals surface area contributed by atoms with Crippen LogP contribution < -0.4 is 5.32 Å². The van der Waals surface area contributed by atoms with Crippen LogP contribution in [0.3, 0.4) is 0 Å². The van der Waals surface area contributed by atoms with Crippen LogP contribution in [0.2, 0.25) is 0 Å². The lowest BCUT2D eigenvalue weighted by Crippen LogP contribution is -2.56. The molecule has 2 atom stereocenters. The van der Waals surface area contributed by atoms with E-state index in [9.17, 15) is 27.2 Å². The quantitative estimate of drug-likeness (QED) is 0.583. The van der Waals surface area contributed by atoms with Crippen molar-refractivity contribution in [3.8, 4) is 0 Å². The van der Waals surface area contributed by atoms with E-state index in [2.05, 4.69) is 21.2 Å². The normalized spacial score (nSPS) is 22.7. The van der Waals surface area contributed by atoms with Crippen LogP contribution in [-0.4, -0.2) is 27.7 Å². The van der Waals surface area contributed by atoms with Gasteiger partial charge in [-0.05, 0) is 19.1 Å². The molecule has 1 aliphatic rings. The molecule has 1 aromatic carbocycles. The lowest BCUT2D eigenvalue weighted by atomic mass is 10.0. The zero-order valence-corrected chi connectivity index (χ0v) is 12.8. The van der Waals surface area contributed by atoms with Crippen molar-refractivity contribution in [2.75, 3.05) is 0 Å². The highest BCUT2D eigenvalue weighted by atomic mass is 79.9. The molecule has 22 heavy (non-hydrogen) atoms. The fourth-order valence-corrected chi connectivity index (χ4v) is 2.51. The highest BCUT2D eigenvalue weighted by Gasteiger charge is 2.41. The minimum absolute atomic E-state index is 0.625. The number of amides is 3. The molecule has 0 aliphatic carbocycles. The molecule has 0 saturated carbocycles. The summed E-state index contributed by atoms with van der Waals surface area (Å²) in [5.74, 6) is -1.78. The van der Waals surface area contributed by atoms with Gasteiger partial charge in [0.2, 0.25) is 0 Å². The number of hydrogen-bond acceptors (Lipinski definition) is 2. The lowest BCUT2D eigenvalue weighted by Gasteiger charge is -2.35. The Morgan fingerprint density at radius 3 is 2.55 bits per heavy atom. The Morgan fingerprint density at radius 2 is 1.95 bits per heavy atom. The lowest BCUT2D eigenvalue weighted by molar-refractivity contribution is -0.138. The van der Waals surface area contributed by atoms with Crippen LogP contribution in [0.25, 0.3) is 0 Å². The van der Waals surface area contributed by atoms with Crippen molar-refractivity contribution in [1.82, 2.24) is 10.2 Å². The summed E-state index contributed by atoms with van der Waals surface area (Å²) in [5, 5.41) is 3.21. The minimum atomic E-state index is -4.75. The van der Waals surface area contributed by atoms with E-state index >= 15 is 0 Å². The molecule has 3 amide bonds. The van der Waals surface area contributed by atoms with Crippen LogP contribution in [0, 0.1) is 5.82 Å². The summed E-state index contributed by atoms with van der Waals surface area (Å²) in [7, 11) is 0. The third-order valence-corrected chi connectivity index (χ3v) is 4.51. The molecule has 119 valence electrons. The molecule has 0 aromatic heterocycles. The van der Waals surface area contributed by atoms with Crippen molar-refractivity contribution >= 4 is 27.9 Å². The van der Waals surface area contributed by atoms with Gasteiger partial charge in [-0.1, -0.05) is 22.0 Å². The molecule has 1 heterocycles. The van der Waals surface area contributed by atoms with Gasteiger partial charge in [0.1, 0.15) is 10.6 Å². The number of hydrogen-bond donors (Lipinski definition) is 0. The van der Waals surface area contributed by atoms with Gasteiger partial charge in [-0.3, -0.25) is 4.79 Å². The van der Waals surface area contributed by atoms with Gasteiger partial charge in [-0.15, -0.1) is 0 Å². The maximum Gasteiger partial charge on any atom is 0.416 e. The number of urea groups is 1. The van der Waals surface area contributed by atoms with E-state index in [4.69, 9.17) is 0 Å². The number of carbonyl (C=O) groups is 2. The van der Waals surface area contributed by atoms with Crippen molar-refractivity contribution in [1.29, 1.82) is 0 Å². The van der Waals surface area contributed by atoms with Crippen molar-refractivity contribution < 1.29 is 27.2 Å². The first-order valence-electron chi connectivity index (χ1n) is 6.17. The van der Waals surface area contributed by atoms with Crippen molar-refractivity contribution in [2.24, 2.45) is 0 Å². The summed E-state index contributed by atoms with van der Waals surface area (Å²) in [6.07, 6.45) is -4.75. The van der Waals surface area contributed by atoms with Crippen LogP contribution in [0.4, 0.5) is 22.4 Å². The van der Waals surface area contributed by atoms with Crippen molar-refractivity contribution in [3.63, 3.8) is 0 Å². The smallest absolute Gasteiger partial charge is 0.314 e. The summed E-state index contributed by atoms with van der Waals surface area (Å²) in [4.78, 5) is 23.2. The number of benzene rings is 1. The van der Waals surface area contributed by atoms with Gasteiger partial charge in [-0.25, -0.2) is 9.18 Å². The van der Waals surface area contributed by atoms with Crippen molar-refractivity contribution in [2.45, 2.75) is 30.5 Å². The molecule has 9 heteroatoms. The molecule has 1 radical (unpaired) electrons. The summed E-state index contributed by atoms with van der Waals surface area (Å²) in [6, 6.07) is 0.843. The fourth-order valence-electron chi connectivity index (χ4n) is 2.13. The summed E-state index contributed by atoms with van der Waals surface area (Å²) in [6.45, 7) is 0.846. The first-order valence-corrected chi connectivity index (χ1v) is 7.09. The second kappa shape index (κ2) is 5.86. The average molecular weight is 382 g/mol. The predicted octanol–water partition coefficient (Wildman–Crippen LogP) is 3.06. The maximum atomic E-state index is 13.8. The standard InChI is InChI=1S/C13H10BrF4N2O2/c1-6-10(14)11(21)19-12(22)20(6)5-7-8(13(16,17)18)3-2-4-9(7)15/h2-4,6,10H,5H2,1H3. The summed E-state index contributed by atoms with van der Waals surface area (Å²) >= 11 is 3.02. The van der Waals surface area contributed by atoms with E-state index in [1.54, 1.807) is 0 Å². The maximum absolute atomic E-state index is 13.8. The topological polar surface area (TPSA) is 51.5 Å². The average Bonchev–Trinajstić information content (AvgIpc) is 2.41. The number of imide groups is 1. The fraction of sp³-hybridized carbons (Fsp3) is 0.385.